The van der Waals surface area contributed by atoms with Gasteiger partial charge in [0.2, 0.25) is 5.91 Å². The maximum absolute atomic E-state index is 13.9. The lowest BCUT2D eigenvalue weighted by Crippen LogP contribution is -2.12. The monoisotopic (exact) mass is 331 g/mol. The summed E-state index contributed by atoms with van der Waals surface area (Å²) in [5.74, 6) is -1.97. The van der Waals surface area contributed by atoms with Crippen molar-refractivity contribution in [2.45, 2.75) is 5.92 Å². The maximum Gasteiger partial charge on any atom is 0.237 e. The van der Waals surface area contributed by atoms with E-state index in [1.165, 1.54) is 36.5 Å². The maximum atomic E-state index is 13.9. The Morgan fingerprint density at radius 2 is 2.08 bits per heavy atom. The van der Waals surface area contributed by atoms with Crippen LogP contribution in [0.3, 0.4) is 0 Å². The Bertz CT molecular complexity index is 808. The van der Waals surface area contributed by atoms with Gasteiger partial charge < -0.3 is 15.7 Å². The van der Waals surface area contributed by atoms with Crippen molar-refractivity contribution in [2.75, 3.05) is 23.8 Å². The Labute approximate surface area is 137 Å². The van der Waals surface area contributed by atoms with E-state index in [1.807, 2.05) is 0 Å². The number of fused-ring (bicyclic) bond motifs is 1. The molecule has 0 saturated heterocycles. The summed E-state index contributed by atoms with van der Waals surface area (Å²) in [5.41, 5.74) is 1.65. The number of carbonyl (C=O) groups is 1. The van der Waals surface area contributed by atoms with E-state index in [0.717, 1.165) is 0 Å². The number of rotatable bonds is 5. The van der Waals surface area contributed by atoms with E-state index in [0.29, 0.717) is 16.9 Å². The summed E-state index contributed by atoms with van der Waals surface area (Å²) in [7, 11) is 0. The first-order valence-corrected chi connectivity index (χ1v) is 7.37. The third-order valence-electron chi connectivity index (χ3n) is 3.64. The smallest absolute Gasteiger partial charge is 0.237 e. The molecule has 3 rings (SSSR count). The van der Waals surface area contributed by atoms with Crippen LogP contribution in [0.2, 0.25) is 0 Å². The van der Waals surface area contributed by atoms with Crippen molar-refractivity contribution in [1.29, 1.82) is 0 Å². The van der Waals surface area contributed by atoms with Crippen LogP contribution in [0.5, 0.6) is 0 Å². The summed E-state index contributed by atoms with van der Waals surface area (Å²) in [6.07, 6.45) is 1.37. The fourth-order valence-electron chi connectivity index (χ4n) is 2.48. The molecule has 1 atom stereocenters. The summed E-state index contributed by atoms with van der Waals surface area (Å²) in [4.78, 5) is 16.1. The number of halogens is 2. The van der Waals surface area contributed by atoms with Crippen LogP contribution >= 0.6 is 0 Å². The normalized spacial score (nSPS) is 16.3. The third kappa shape index (κ3) is 3.26. The molecule has 1 unspecified atom stereocenters. The van der Waals surface area contributed by atoms with Gasteiger partial charge in [-0.3, -0.25) is 9.79 Å². The van der Waals surface area contributed by atoms with Gasteiger partial charge in [-0.05, 0) is 35.9 Å². The number of nitrogens with one attached hydrogen (secondary N) is 2. The second kappa shape index (κ2) is 6.76. The highest BCUT2D eigenvalue weighted by molar-refractivity contribution is 6.12. The second-order valence-electron chi connectivity index (χ2n) is 5.29. The molecule has 7 heteroatoms. The van der Waals surface area contributed by atoms with E-state index >= 15 is 0 Å². The highest BCUT2D eigenvalue weighted by Crippen LogP contribution is 2.32. The molecule has 5 nitrogen and oxygen atoms in total. The average molecular weight is 331 g/mol. The van der Waals surface area contributed by atoms with Crippen LogP contribution in [-0.2, 0) is 4.79 Å². The first-order chi connectivity index (χ1) is 11.6. The van der Waals surface area contributed by atoms with Crippen LogP contribution < -0.4 is 10.6 Å². The predicted octanol–water partition coefficient (Wildman–Crippen LogP) is 2.81. The van der Waals surface area contributed by atoms with Crippen LogP contribution in [0.15, 0.2) is 41.4 Å². The number of benzene rings is 2. The van der Waals surface area contributed by atoms with Gasteiger partial charge in [0.05, 0.1) is 18.0 Å². The molecule has 0 fully saturated rings. The van der Waals surface area contributed by atoms with E-state index in [4.69, 9.17) is 5.11 Å². The van der Waals surface area contributed by atoms with E-state index in [2.05, 4.69) is 15.6 Å². The van der Waals surface area contributed by atoms with Gasteiger partial charge in [-0.15, -0.1) is 0 Å². The Kier molecular flexibility index (Phi) is 4.52. The van der Waals surface area contributed by atoms with Crippen LogP contribution in [0, 0.1) is 11.6 Å². The van der Waals surface area contributed by atoms with Crippen molar-refractivity contribution in [3.8, 4) is 0 Å². The topological polar surface area (TPSA) is 73.7 Å². The molecule has 0 aromatic heterocycles. The minimum Gasteiger partial charge on any atom is -0.395 e. The minimum atomic E-state index is -0.717. The lowest BCUT2D eigenvalue weighted by Gasteiger charge is -2.06. The van der Waals surface area contributed by atoms with E-state index < -0.39 is 17.6 Å². The molecule has 0 saturated carbocycles. The number of hydrogen-bond acceptors (Lipinski definition) is 4. The average Bonchev–Trinajstić information content (AvgIpc) is 2.87. The molecule has 0 aliphatic carbocycles. The third-order valence-corrected chi connectivity index (χ3v) is 3.64. The molecule has 1 heterocycles. The molecular formula is C17H15F2N3O2. The first-order valence-electron chi connectivity index (χ1n) is 7.37. The number of carbonyl (C=O) groups excluding carboxylic acids is 1. The number of hydrogen-bond donors (Lipinski definition) is 3. The molecule has 124 valence electrons. The standard InChI is InChI=1S/C17H15F2N3O2/c18-10-1-3-15-12(7-10)13(17(24)22-15)9-21-11-2-4-16(14(19)8-11)20-5-6-23/h1-4,7-9,13,20,23H,5-6H2,(H,22,24). The first kappa shape index (κ1) is 16.1. The van der Waals surface area contributed by atoms with Crippen molar-refractivity contribution in [3.63, 3.8) is 0 Å². The Morgan fingerprint density at radius 3 is 2.83 bits per heavy atom. The molecule has 1 amide bonds. The van der Waals surface area contributed by atoms with Crippen LogP contribution in [0.25, 0.3) is 0 Å². The lowest BCUT2D eigenvalue weighted by atomic mass is 10.0. The van der Waals surface area contributed by atoms with Crippen LogP contribution in [0.4, 0.5) is 25.8 Å². The fourth-order valence-corrected chi connectivity index (χ4v) is 2.48. The van der Waals surface area contributed by atoms with Crippen molar-refractivity contribution in [1.82, 2.24) is 0 Å². The number of nitrogens with zero attached hydrogens (tertiary/aromatic N) is 1. The Morgan fingerprint density at radius 1 is 1.25 bits per heavy atom. The highest BCUT2D eigenvalue weighted by Gasteiger charge is 2.29. The van der Waals surface area contributed by atoms with Gasteiger partial charge in [-0.2, -0.15) is 0 Å². The number of amides is 1. The lowest BCUT2D eigenvalue weighted by molar-refractivity contribution is -0.115. The van der Waals surface area contributed by atoms with E-state index in [1.54, 1.807) is 6.07 Å². The molecule has 24 heavy (non-hydrogen) atoms. The Hall–Kier alpha value is -2.80. The van der Waals surface area contributed by atoms with Crippen molar-refractivity contribution in [3.05, 3.63) is 53.6 Å². The zero-order valence-corrected chi connectivity index (χ0v) is 12.6. The molecule has 0 bridgehead atoms. The van der Waals surface area contributed by atoms with Gasteiger partial charge >= 0.3 is 0 Å². The summed E-state index contributed by atoms with van der Waals surface area (Å²) in [5, 5.41) is 14.1. The molecule has 1 aliphatic heterocycles. The van der Waals surface area contributed by atoms with Crippen molar-refractivity contribution in [2.24, 2.45) is 4.99 Å². The second-order valence-corrected chi connectivity index (χ2v) is 5.29. The predicted molar refractivity (Wildman–Crippen MR) is 87.9 cm³/mol. The van der Waals surface area contributed by atoms with Crippen molar-refractivity contribution < 1.29 is 18.7 Å². The summed E-state index contributed by atoms with van der Waals surface area (Å²) in [6.45, 7) is 0.135. The highest BCUT2D eigenvalue weighted by atomic mass is 19.1. The van der Waals surface area contributed by atoms with E-state index in [9.17, 15) is 13.6 Å². The molecule has 3 N–H and O–H groups in total. The van der Waals surface area contributed by atoms with Gasteiger partial charge in [0.1, 0.15) is 17.6 Å². The number of aliphatic imine (C=N–C) groups is 1. The molecule has 2 aromatic carbocycles. The molecule has 2 aromatic rings. The SMILES string of the molecule is O=C1Nc2ccc(F)cc2C1C=Nc1ccc(NCCO)c(F)c1. The molecular weight excluding hydrogens is 316 g/mol. The van der Waals surface area contributed by atoms with Crippen LogP contribution in [-0.4, -0.2) is 30.4 Å². The quantitative estimate of drug-likeness (QED) is 0.738. The zero-order chi connectivity index (χ0) is 17.1. The summed E-state index contributed by atoms with van der Waals surface area (Å²) in [6, 6.07) is 8.35. The largest absolute Gasteiger partial charge is 0.395 e. The van der Waals surface area contributed by atoms with Gasteiger partial charge in [0, 0.05) is 24.5 Å². The zero-order valence-electron chi connectivity index (χ0n) is 12.6. The van der Waals surface area contributed by atoms with Gasteiger partial charge in [0.15, 0.2) is 0 Å². The van der Waals surface area contributed by atoms with Crippen molar-refractivity contribution >= 4 is 29.2 Å². The number of aliphatic hydroxyl groups excluding tert-OH is 1. The minimum absolute atomic E-state index is 0.105. The summed E-state index contributed by atoms with van der Waals surface area (Å²) >= 11 is 0. The molecule has 0 spiro atoms. The Balaban J connectivity index is 1.80. The molecule has 0 radical (unpaired) electrons. The van der Waals surface area contributed by atoms with Crippen LogP contribution in [0.1, 0.15) is 11.5 Å². The van der Waals surface area contributed by atoms with Gasteiger partial charge in [-0.25, -0.2) is 8.78 Å². The molecule has 1 aliphatic rings. The van der Waals surface area contributed by atoms with Gasteiger partial charge in [0.25, 0.3) is 0 Å². The number of anilines is 2. The summed E-state index contributed by atoms with van der Waals surface area (Å²) < 4.78 is 27.3. The number of aliphatic hydroxyl groups is 1. The van der Waals surface area contributed by atoms with E-state index in [-0.39, 0.29) is 24.7 Å². The fraction of sp³-hybridized carbons (Fsp3) is 0.176. The van der Waals surface area contributed by atoms with Gasteiger partial charge in [-0.1, -0.05) is 0 Å².